The van der Waals surface area contributed by atoms with Crippen LogP contribution in [0.1, 0.15) is 249 Å². The van der Waals surface area contributed by atoms with Crippen LogP contribution in [0.3, 0.4) is 0 Å². The smallest absolute Gasteiger partial charge is 0.139 e. The number of aliphatic hydroxyl groups is 8. The van der Waals surface area contributed by atoms with Gasteiger partial charge in [0.15, 0.2) is 0 Å². The largest absolute Gasteiger partial charge is 0.393 e. The summed E-state index contributed by atoms with van der Waals surface area (Å²) in [6.45, 7) is 21.8. The van der Waals surface area contributed by atoms with Gasteiger partial charge in [0, 0.05) is 35.5 Å². The number of hydrogen-bond donors (Lipinski definition) is 8. The summed E-state index contributed by atoms with van der Waals surface area (Å²) in [5.74, 6) is 6.48. The maximum Gasteiger partial charge on any atom is 0.139 e. The second kappa shape index (κ2) is 24.1. The number of fused-ring (bicyclic) bond motifs is 20. The standard InChI is InChI=1S/2C21H32O3.2C19H28O3/c2*1-12(22)15-4-5-16-19-17(7-9-21(15,16)3)20(2)8-6-14(23)10-13(20)11-18(19)24;2*1-18-7-5-12(20)9-11(18)10-15(21)17-13-3-4-16(22)19(13,2)8-6-14(17)18/h2*11,14-19,23-24H,4-10H2,1-3H3;2*10,12-15,17,20-21H,3-9H2,1-2H3/t14-,15?,16?,17?,18+,19?,20?,21?;14-,15?,16?,17?,18-,19?,20?,21?;12-,13?,14?,15+,17?,18?,19?;12-,13?,14?,15-,17?,18?,19?/m0000/s1. The van der Waals surface area contributed by atoms with Crippen LogP contribution < -0.4 is 0 Å². The highest BCUT2D eigenvalue weighted by Crippen LogP contribution is 2.70. The van der Waals surface area contributed by atoms with Crippen LogP contribution in [-0.2, 0) is 19.2 Å². The van der Waals surface area contributed by atoms with Crippen molar-refractivity contribution in [3.8, 4) is 0 Å². The molecule has 16 rings (SSSR count). The van der Waals surface area contributed by atoms with E-state index in [-0.39, 0.29) is 103 Å². The average Bonchev–Trinajstić information content (AvgIpc) is 1.26. The summed E-state index contributed by atoms with van der Waals surface area (Å²) in [5.41, 5.74) is 5.40. The van der Waals surface area contributed by atoms with E-state index in [9.17, 15) is 60.0 Å². The molecule has 512 valence electrons. The average molecular weight is 1270 g/mol. The highest BCUT2D eigenvalue weighted by atomic mass is 16.3. The summed E-state index contributed by atoms with van der Waals surface area (Å²) in [6, 6.07) is 0. The molecule has 22 unspecified atom stereocenters. The van der Waals surface area contributed by atoms with Crippen LogP contribution in [0.15, 0.2) is 46.6 Å². The third-order valence-corrected chi connectivity index (χ3v) is 32.8. The van der Waals surface area contributed by atoms with Crippen molar-refractivity contribution in [2.24, 2.45) is 126 Å². The molecular formula is C80H120O12. The van der Waals surface area contributed by atoms with E-state index in [1.165, 1.54) is 22.3 Å². The topological polar surface area (TPSA) is 230 Å². The molecule has 92 heavy (non-hydrogen) atoms. The van der Waals surface area contributed by atoms with Gasteiger partial charge in [0.2, 0.25) is 0 Å². The van der Waals surface area contributed by atoms with E-state index in [0.717, 1.165) is 167 Å². The van der Waals surface area contributed by atoms with Crippen LogP contribution in [0.5, 0.6) is 0 Å². The van der Waals surface area contributed by atoms with Crippen molar-refractivity contribution in [2.45, 2.75) is 298 Å². The monoisotopic (exact) mass is 1270 g/mol. The second-order valence-corrected chi connectivity index (χ2v) is 36.6. The molecule has 12 saturated carbocycles. The highest BCUT2D eigenvalue weighted by molar-refractivity contribution is 5.88. The first-order valence-electron chi connectivity index (χ1n) is 37.6. The van der Waals surface area contributed by atoms with Gasteiger partial charge in [-0.3, -0.25) is 19.2 Å². The quantitative estimate of drug-likeness (QED) is 0.121. The zero-order chi connectivity index (χ0) is 65.9. The predicted molar refractivity (Wildman–Crippen MR) is 355 cm³/mol. The first kappa shape index (κ1) is 67.9. The van der Waals surface area contributed by atoms with Crippen molar-refractivity contribution in [1.82, 2.24) is 0 Å². The number of aliphatic hydroxyl groups excluding tert-OH is 8. The molecule has 0 amide bonds. The molecule has 0 saturated heterocycles. The molecule has 0 bridgehead atoms. The molecule has 0 aromatic carbocycles. The molecule has 12 nitrogen and oxygen atoms in total. The van der Waals surface area contributed by atoms with Gasteiger partial charge in [0.25, 0.3) is 0 Å². The fraction of sp³-hybridized carbons (Fsp3) is 0.850. The van der Waals surface area contributed by atoms with Crippen molar-refractivity contribution >= 4 is 23.1 Å². The number of ketones is 4. The minimum atomic E-state index is -0.436. The van der Waals surface area contributed by atoms with Gasteiger partial charge in [-0.1, -0.05) is 102 Å². The summed E-state index contributed by atoms with van der Waals surface area (Å²) in [7, 11) is 0. The normalized spacial score (nSPS) is 53.9. The minimum absolute atomic E-state index is 0.0733. The van der Waals surface area contributed by atoms with Gasteiger partial charge in [0.1, 0.15) is 23.1 Å². The van der Waals surface area contributed by atoms with Crippen LogP contribution in [0, 0.1) is 126 Å². The SMILES string of the molecule is CC(=O)C1CCC2C3C(CCC12C)C1(C)CC[C@H](O)CC1=C[C@@H]3O.CC(=O)C1CCC2C3C(CCC12C)C1(C)CC[C@H](O)CC1=C[C@H]3O.CC12CCC3C(C1CCC2=O)[C@@H](O)C=C1C[C@@H](O)CCC13C.CC12CCC3C(C1CCC2=O)[C@H](O)C=C1C[C@@H](O)CCC13C. The fourth-order valence-corrected chi connectivity index (χ4v) is 27.4. The molecule has 8 N–H and O–H groups in total. The van der Waals surface area contributed by atoms with Crippen molar-refractivity contribution in [3.63, 3.8) is 0 Å². The Kier molecular flexibility index (Phi) is 17.7. The molecule has 12 fully saturated rings. The summed E-state index contributed by atoms with van der Waals surface area (Å²) in [6.07, 6.45) is 32.1. The van der Waals surface area contributed by atoms with Gasteiger partial charge < -0.3 is 40.9 Å². The van der Waals surface area contributed by atoms with Gasteiger partial charge in [-0.05, 0) is 284 Å². The van der Waals surface area contributed by atoms with E-state index in [2.05, 4.69) is 67.5 Å². The summed E-state index contributed by atoms with van der Waals surface area (Å²) < 4.78 is 0. The van der Waals surface area contributed by atoms with Crippen LogP contribution in [0.2, 0.25) is 0 Å². The molecule has 12 heteroatoms. The first-order valence-corrected chi connectivity index (χ1v) is 37.6. The second-order valence-electron chi connectivity index (χ2n) is 36.6. The number of carbonyl (C=O) groups excluding carboxylic acids is 4. The van der Waals surface area contributed by atoms with Crippen molar-refractivity contribution in [1.29, 1.82) is 0 Å². The maximum absolute atomic E-state index is 12.4. The van der Waals surface area contributed by atoms with Gasteiger partial charge in [-0.25, -0.2) is 0 Å². The minimum Gasteiger partial charge on any atom is -0.393 e. The Labute approximate surface area is 551 Å². The number of hydrogen-bond acceptors (Lipinski definition) is 12. The van der Waals surface area contributed by atoms with Crippen LogP contribution in [-0.4, -0.2) is 113 Å². The van der Waals surface area contributed by atoms with E-state index in [1.54, 1.807) is 13.8 Å². The van der Waals surface area contributed by atoms with E-state index >= 15 is 0 Å². The van der Waals surface area contributed by atoms with Gasteiger partial charge in [-0.2, -0.15) is 0 Å². The Bertz CT molecular complexity index is 2830. The van der Waals surface area contributed by atoms with Gasteiger partial charge in [0.05, 0.1) is 48.8 Å². The fourth-order valence-electron chi connectivity index (χ4n) is 27.4. The van der Waals surface area contributed by atoms with E-state index in [0.29, 0.717) is 83.3 Å². The Morgan fingerprint density at radius 1 is 0.315 bits per heavy atom. The van der Waals surface area contributed by atoms with Crippen LogP contribution in [0.4, 0.5) is 0 Å². The third-order valence-electron chi connectivity index (χ3n) is 32.8. The van der Waals surface area contributed by atoms with E-state index < -0.39 is 24.4 Å². The van der Waals surface area contributed by atoms with Crippen LogP contribution >= 0.6 is 0 Å². The number of carbonyl (C=O) groups is 4. The number of rotatable bonds is 2. The Morgan fingerprint density at radius 3 is 0.826 bits per heavy atom. The van der Waals surface area contributed by atoms with E-state index in [1.807, 2.05) is 12.2 Å². The maximum atomic E-state index is 12.4. The predicted octanol–water partition coefficient (Wildman–Crippen LogP) is 12.7. The Balaban J connectivity index is 0.000000112. The van der Waals surface area contributed by atoms with E-state index in [4.69, 9.17) is 0 Å². The molecule has 0 spiro atoms. The van der Waals surface area contributed by atoms with Gasteiger partial charge >= 0.3 is 0 Å². The lowest BCUT2D eigenvalue weighted by Gasteiger charge is -2.59. The molecule has 0 heterocycles. The summed E-state index contributed by atoms with van der Waals surface area (Å²) in [4.78, 5) is 49.1. The lowest BCUT2D eigenvalue weighted by Crippen LogP contribution is -2.55. The number of Topliss-reactive ketones (excluding diaryl/α,β-unsaturated/α-hetero) is 4. The van der Waals surface area contributed by atoms with Crippen LogP contribution in [0.25, 0.3) is 0 Å². The van der Waals surface area contributed by atoms with Gasteiger partial charge in [-0.15, -0.1) is 0 Å². The van der Waals surface area contributed by atoms with Crippen molar-refractivity contribution in [2.75, 3.05) is 0 Å². The molecule has 16 aliphatic rings. The summed E-state index contributed by atoms with van der Waals surface area (Å²) >= 11 is 0. The molecule has 0 radical (unpaired) electrons. The Hall–Kier alpha value is -2.68. The lowest BCUT2D eigenvalue weighted by molar-refractivity contribution is -0.136. The molecular weight excluding hydrogens is 1150 g/mol. The first-order chi connectivity index (χ1) is 43.3. The highest BCUT2D eigenvalue weighted by Gasteiger charge is 2.66. The van der Waals surface area contributed by atoms with Crippen molar-refractivity contribution in [3.05, 3.63) is 46.6 Å². The molecule has 16 aliphatic carbocycles. The van der Waals surface area contributed by atoms with Crippen molar-refractivity contribution < 1.29 is 60.0 Å². The zero-order valence-corrected chi connectivity index (χ0v) is 58.0. The zero-order valence-electron chi connectivity index (χ0n) is 58.0. The molecule has 0 aromatic heterocycles. The third kappa shape index (κ3) is 10.5. The summed E-state index contributed by atoms with van der Waals surface area (Å²) in [5, 5.41) is 83.8. The molecule has 0 aliphatic heterocycles. The molecule has 30 atom stereocenters. The molecule has 0 aromatic rings. The lowest BCUT2D eigenvalue weighted by atomic mass is 9.46. The Morgan fingerprint density at radius 2 is 0.554 bits per heavy atom.